The Hall–Kier alpha value is -1.16. The van der Waals surface area contributed by atoms with Crippen molar-refractivity contribution in [1.29, 1.82) is 0 Å². The predicted octanol–water partition coefficient (Wildman–Crippen LogP) is 1.67. The van der Waals surface area contributed by atoms with E-state index in [1.165, 1.54) is 6.34 Å². The average Bonchev–Trinajstić information content (AvgIpc) is 2.19. The highest BCUT2D eigenvalue weighted by molar-refractivity contribution is 5.82. The minimum absolute atomic E-state index is 0.545. The highest BCUT2D eigenvalue weighted by Crippen LogP contribution is 1.91. The molecule has 0 bridgehead atoms. The lowest BCUT2D eigenvalue weighted by atomic mass is 10.5. The highest BCUT2D eigenvalue weighted by atomic mass is 16.5. The van der Waals surface area contributed by atoms with E-state index in [-0.39, 0.29) is 0 Å². The predicted molar refractivity (Wildman–Crippen MR) is 59.1 cm³/mol. The van der Waals surface area contributed by atoms with Crippen LogP contribution in [-0.2, 0) is 9.47 Å². The lowest BCUT2D eigenvalue weighted by Crippen LogP contribution is -1.99. The number of hydrogen-bond acceptors (Lipinski definition) is 3. The van der Waals surface area contributed by atoms with E-state index >= 15 is 0 Å². The Labute approximate surface area is 85.4 Å². The van der Waals surface area contributed by atoms with Crippen molar-refractivity contribution >= 4 is 12.6 Å². The summed E-state index contributed by atoms with van der Waals surface area (Å²) in [6.07, 6.45) is 3.89. The van der Waals surface area contributed by atoms with Gasteiger partial charge in [-0.2, -0.15) is 0 Å². The number of rotatable bonds is 8. The number of aliphatic imine (C=N–C) groups is 2. The molecule has 0 heterocycles. The third kappa shape index (κ3) is 8.93. The molecule has 0 unspecified atom stereocenters. The van der Waals surface area contributed by atoms with Crippen LogP contribution in [0.2, 0.25) is 0 Å². The molecule has 0 aliphatic heterocycles. The van der Waals surface area contributed by atoms with Crippen molar-refractivity contribution in [2.45, 2.75) is 13.3 Å². The van der Waals surface area contributed by atoms with Gasteiger partial charge >= 0.3 is 0 Å². The number of nitrogens with zero attached hydrogens (tertiary/aromatic N) is 2. The van der Waals surface area contributed by atoms with Crippen LogP contribution >= 0.6 is 0 Å². The molecule has 0 N–H and O–H groups in total. The van der Waals surface area contributed by atoms with E-state index in [1.807, 2.05) is 6.92 Å². The molecule has 0 aliphatic rings. The summed E-state index contributed by atoms with van der Waals surface area (Å²) in [6, 6.07) is 0. The number of ether oxygens (including phenoxy) is 2. The Balaban J connectivity index is 3.45. The van der Waals surface area contributed by atoms with Gasteiger partial charge in [-0.25, -0.2) is 4.99 Å². The Kier molecular flexibility index (Phi) is 9.10. The minimum Gasteiger partial charge on any atom is -0.493 e. The van der Waals surface area contributed by atoms with Gasteiger partial charge in [-0.05, 0) is 6.92 Å². The Morgan fingerprint density at radius 2 is 2.21 bits per heavy atom. The fourth-order valence-corrected chi connectivity index (χ4v) is 0.689. The van der Waals surface area contributed by atoms with Crippen molar-refractivity contribution in [1.82, 2.24) is 0 Å². The average molecular weight is 198 g/mol. The third-order valence-electron chi connectivity index (χ3n) is 1.33. The van der Waals surface area contributed by atoms with Gasteiger partial charge in [0.05, 0.1) is 12.8 Å². The molecule has 0 rings (SSSR count). The second kappa shape index (κ2) is 9.92. The number of allylic oxidation sites excluding steroid dienone is 1. The Morgan fingerprint density at radius 1 is 1.43 bits per heavy atom. The Morgan fingerprint density at radius 3 is 2.86 bits per heavy atom. The van der Waals surface area contributed by atoms with Gasteiger partial charge in [-0.15, -0.1) is 0 Å². The molecule has 0 radical (unpaired) electrons. The summed E-state index contributed by atoms with van der Waals surface area (Å²) in [5, 5.41) is 0. The standard InChI is InChI=1S/C10H18N2O2/c1-4-11-9-12-8-10(2)14-7-5-6-13-3/h8-9H,2,4-7H2,1,3H3/b11-9-,12-8-. The van der Waals surface area contributed by atoms with Crippen LogP contribution in [0.5, 0.6) is 0 Å². The summed E-state index contributed by atoms with van der Waals surface area (Å²) in [4.78, 5) is 7.80. The molecule has 0 amide bonds. The molecule has 0 spiro atoms. The van der Waals surface area contributed by atoms with E-state index in [9.17, 15) is 0 Å². The van der Waals surface area contributed by atoms with Gasteiger partial charge < -0.3 is 9.47 Å². The molecular weight excluding hydrogens is 180 g/mol. The van der Waals surface area contributed by atoms with Crippen LogP contribution in [0.15, 0.2) is 22.3 Å². The SMILES string of the molecule is C=C(/C=N\C=N/CC)OCCCOC. The maximum atomic E-state index is 5.24. The van der Waals surface area contributed by atoms with E-state index in [0.717, 1.165) is 13.0 Å². The van der Waals surface area contributed by atoms with Crippen molar-refractivity contribution in [3.63, 3.8) is 0 Å². The van der Waals surface area contributed by atoms with Crippen LogP contribution in [0.1, 0.15) is 13.3 Å². The van der Waals surface area contributed by atoms with E-state index in [1.54, 1.807) is 13.3 Å². The molecule has 14 heavy (non-hydrogen) atoms. The first kappa shape index (κ1) is 12.8. The van der Waals surface area contributed by atoms with Crippen LogP contribution in [0.25, 0.3) is 0 Å². The van der Waals surface area contributed by atoms with Crippen molar-refractivity contribution in [3.05, 3.63) is 12.3 Å². The normalized spacial score (nSPS) is 11.3. The van der Waals surface area contributed by atoms with Gasteiger partial charge in [0.1, 0.15) is 12.1 Å². The van der Waals surface area contributed by atoms with Gasteiger partial charge in [0.25, 0.3) is 0 Å². The minimum atomic E-state index is 0.545. The highest BCUT2D eigenvalue weighted by Gasteiger charge is 1.89. The monoisotopic (exact) mass is 198 g/mol. The summed E-state index contributed by atoms with van der Waals surface area (Å²) in [5.41, 5.74) is 0. The van der Waals surface area contributed by atoms with Gasteiger partial charge in [-0.3, -0.25) is 4.99 Å². The molecule has 0 atom stereocenters. The molecule has 4 nitrogen and oxygen atoms in total. The smallest absolute Gasteiger partial charge is 0.130 e. The lowest BCUT2D eigenvalue weighted by molar-refractivity contribution is 0.152. The second-order valence-electron chi connectivity index (χ2n) is 2.55. The number of methoxy groups -OCH3 is 1. The maximum absolute atomic E-state index is 5.24. The van der Waals surface area contributed by atoms with E-state index < -0.39 is 0 Å². The molecule has 0 fully saturated rings. The second-order valence-corrected chi connectivity index (χ2v) is 2.55. The van der Waals surface area contributed by atoms with E-state index in [2.05, 4.69) is 16.6 Å². The van der Waals surface area contributed by atoms with Crippen LogP contribution in [0.4, 0.5) is 0 Å². The number of hydrogen-bond donors (Lipinski definition) is 0. The third-order valence-corrected chi connectivity index (χ3v) is 1.33. The Bertz CT molecular complexity index is 200. The molecule has 0 aliphatic carbocycles. The van der Waals surface area contributed by atoms with Crippen LogP contribution in [0.3, 0.4) is 0 Å². The quantitative estimate of drug-likeness (QED) is 0.258. The summed E-state index contributed by atoms with van der Waals surface area (Å²) in [5.74, 6) is 0.545. The van der Waals surface area contributed by atoms with Gasteiger partial charge in [0.15, 0.2) is 0 Å². The van der Waals surface area contributed by atoms with E-state index in [4.69, 9.17) is 9.47 Å². The van der Waals surface area contributed by atoms with E-state index in [0.29, 0.717) is 19.0 Å². The first-order valence-electron chi connectivity index (χ1n) is 4.63. The van der Waals surface area contributed by atoms with Crippen LogP contribution in [0, 0.1) is 0 Å². The largest absolute Gasteiger partial charge is 0.493 e. The van der Waals surface area contributed by atoms with Crippen LogP contribution < -0.4 is 0 Å². The van der Waals surface area contributed by atoms with Crippen molar-refractivity contribution in [2.24, 2.45) is 9.98 Å². The summed E-state index contributed by atoms with van der Waals surface area (Å²) < 4.78 is 10.1. The molecule has 0 aromatic rings. The topological polar surface area (TPSA) is 43.2 Å². The first-order valence-corrected chi connectivity index (χ1v) is 4.63. The molecule has 0 aromatic heterocycles. The van der Waals surface area contributed by atoms with Gasteiger partial charge in [-0.1, -0.05) is 6.58 Å². The summed E-state index contributed by atoms with van der Waals surface area (Å²) in [6.45, 7) is 7.65. The molecule has 0 aromatic carbocycles. The van der Waals surface area contributed by atoms with Crippen LogP contribution in [-0.4, -0.2) is 39.4 Å². The van der Waals surface area contributed by atoms with Crippen molar-refractivity contribution in [2.75, 3.05) is 26.9 Å². The molecule has 4 heteroatoms. The zero-order valence-electron chi connectivity index (χ0n) is 8.90. The molecule has 0 saturated heterocycles. The first-order chi connectivity index (χ1) is 6.81. The van der Waals surface area contributed by atoms with Gasteiger partial charge in [0.2, 0.25) is 0 Å². The van der Waals surface area contributed by atoms with Crippen molar-refractivity contribution in [3.8, 4) is 0 Å². The zero-order valence-corrected chi connectivity index (χ0v) is 8.90. The molecule has 80 valence electrons. The summed E-state index contributed by atoms with van der Waals surface area (Å²) in [7, 11) is 1.66. The fourth-order valence-electron chi connectivity index (χ4n) is 0.689. The summed E-state index contributed by atoms with van der Waals surface area (Å²) >= 11 is 0. The van der Waals surface area contributed by atoms with Gasteiger partial charge in [0, 0.05) is 26.7 Å². The molecule has 0 saturated carbocycles. The lowest BCUT2D eigenvalue weighted by Gasteiger charge is -2.03. The fraction of sp³-hybridized carbons (Fsp3) is 0.600. The maximum Gasteiger partial charge on any atom is 0.130 e. The molecular formula is C10H18N2O2. The zero-order chi connectivity index (χ0) is 10.6. The van der Waals surface area contributed by atoms with Crippen molar-refractivity contribution < 1.29 is 9.47 Å².